The van der Waals surface area contributed by atoms with Crippen LogP contribution in [0.2, 0.25) is 0 Å². The number of H-pyrrole nitrogens is 1. The van der Waals surface area contributed by atoms with Gasteiger partial charge in [0.2, 0.25) is 0 Å². The summed E-state index contributed by atoms with van der Waals surface area (Å²) in [5.74, 6) is 1.58. The molecule has 27 heavy (non-hydrogen) atoms. The predicted octanol–water partition coefficient (Wildman–Crippen LogP) is 3.19. The van der Waals surface area contributed by atoms with E-state index in [0.717, 1.165) is 30.0 Å². The molecule has 0 radical (unpaired) electrons. The van der Waals surface area contributed by atoms with Crippen molar-refractivity contribution in [1.82, 2.24) is 9.88 Å². The second-order valence-electron chi connectivity index (χ2n) is 7.10. The standard InChI is InChI=1S/C21H26N2O4/c1-14(2)19-9-8-18(20(24)22-19)21(25)23-12-10-17(11-13-23)27-16-6-4-15(26-3)5-7-16/h4-9,14,17H,10-13H2,1-3H3,(H,22,24). The molecule has 1 aromatic heterocycles. The minimum absolute atomic E-state index is 0.0593. The Hall–Kier alpha value is -2.76. The Labute approximate surface area is 159 Å². The van der Waals surface area contributed by atoms with Gasteiger partial charge in [-0.2, -0.15) is 0 Å². The van der Waals surface area contributed by atoms with Gasteiger partial charge in [0.15, 0.2) is 0 Å². The molecule has 144 valence electrons. The molecule has 0 aliphatic carbocycles. The molecule has 1 aliphatic heterocycles. The minimum atomic E-state index is -0.317. The number of benzene rings is 1. The van der Waals surface area contributed by atoms with Crippen LogP contribution in [-0.4, -0.2) is 42.1 Å². The number of carbonyl (C=O) groups excluding carboxylic acids is 1. The van der Waals surface area contributed by atoms with Crippen LogP contribution >= 0.6 is 0 Å². The van der Waals surface area contributed by atoms with Crippen molar-refractivity contribution >= 4 is 5.91 Å². The van der Waals surface area contributed by atoms with E-state index in [9.17, 15) is 9.59 Å². The number of hydrogen-bond donors (Lipinski definition) is 1. The van der Waals surface area contributed by atoms with Crippen LogP contribution in [0.3, 0.4) is 0 Å². The number of methoxy groups -OCH3 is 1. The molecule has 3 rings (SSSR count). The van der Waals surface area contributed by atoms with Crippen LogP contribution < -0.4 is 15.0 Å². The molecule has 6 heteroatoms. The van der Waals surface area contributed by atoms with Crippen LogP contribution in [0.15, 0.2) is 41.2 Å². The second kappa shape index (κ2) is 8.29. The van der Waals surface area contributed by atoms with Crippen LogP contribution in [0.5, 0.6) is 11.5 Å². The number of hydrogen-bond acceptors (Lipinski definition) is 4. The van der Waals surface area contributed by atoms with E-state index in [2.05, 4.69) is 4.98 Å². The highest BCUT2D eigenvalue weighted by molar-refractivity contribution is 5.93. The largest absolute Gasteiger partial charge is 0.497 e. The highest BCUT2D eigenvalue weighted by Gasteiger charge is 2.26. The fraction of sp³-hybridized carbons (Fsp3) is 0.429. The number of aromatic nitrogens is 1. The lowest BCUT2D eigenvalue weighted by molar-refractivity contribution is 0.0593. The molecule has 1 aromatic carbocycles. The van der Waals surface area contributed by atoms with Crippen LogP contribution in [0.4, 0.5) is 0 Å². The average Bonchev–Trinajstić information content (AvgIpc) is 2.68. The zero-order chi connectivity index (χ0) is 19.4. The van der Waals surface area contributed by atoms with E-state index in [1.165, 1.54) is 0 Å². The van der Waals surface area contributed by atoms with Crippen LogP contribution in [0.25, 0.3) is 0 Å². The summed E-state index contributed by atoms with van der Waals surface area (Å²) in [4.78, 5) is 29.5. The Kier molecular flexibility index (Phi) is 5.84. The van der Waals surface area contributed by atoms with Crippen molar-refractivity contribution in [3.05, 3.63) is 58.0 Å². The lowest BCUT2D eigenvalue weighted by Crippen LogP contribution is -2.43. The van der Waals surface area contributed by atoms with Gasteiger partial charge in [0.25, 0.3) is 11.5 Å². The van der Waals surface area contributed by atoms with Crippen LogP contribution in [-0.2, 0) is 0 Å². The van der Waals surface area contributed by atoms with Crippen LogP contribution in [0.1, 0.15) is 48.7 Å². The number of nitrogens with zero attached hydrogens (tertiary/aromatic N) is 1. The fourth-order valence-corrected chi connectivity index (χ4v) is 3.19. The first-order valence-electron chi connectivity index (χ1n) is 9.31. The number of nitrogens with one attached hydrogen (secondary N) is 1. The van der Waals surface area contributed by atoms with Crippen molar-refractivity contribution in [2.24, 2.45) is 0 Å². The van der Waals surface area contributed by atoms with E-state index in [1.807, 2.05) is 44.2 Å². The lowest BCUT2D eigenvalue weighted by Gasteiger charge is -2.32. The van der Waals surface area contributed by atoms with Gasteiger partial charge in [-0.05, 0) is 42.3 Å². The normalized spacial score (nSPS) is 15.0. The maximum atomic E-state index is 12.7. The monoisotopic (exact) mass is 370 g/mol. The molecular formula is C21H26N2O4. The van der Waals surface area contributed by atoms with Gasteiger partial charge in [0, 0.05) is 31.6 Å². The number of carbonyl (C=O) groups is 1. The Morgan fingerprint density at radius 2 is 1.70 bits per heavy atom. The van der Waals surface area contributed by atoms with Gasteiger partial charge in [-0.25, -0.2) is 0 Å². The molecule has 1 fully saturated rings. The third-order valence-electron chi connectivity index (χ3n) is 4.88. The van der Waals surface area contributed by atoms with Gasteiger partial charge in [-0.1, -0.05) is 13.8 Å². The molecule has 2 aromatic rings. The first-order chi connectivity index (χ1) is 13.0. The molecule has 1 saturated heterocycles. The topological polar surface area (TPSA) is 71.6 Å². The molecule has 0 spiro atoms. The Bertz CT molecular complexity index is 834. The molecule has 1 amide bonds. The van der Waals surface area contributed by atoms with Crippen molar-refractivity contribution in [2.75, 3.05) is 20.2 Å². The summed E-state index contributed by atoms with van der Waals surface area (Å²) in [5, 5.41) is 0. The van der Waals surface area contributed by atoms with Crippen molar-refractivity contribution in [2.45, 2.75) is 38.7 Å². The van der Waals surface area contributed by atoms with Gasteiger partial charge < -0.3 is 19.4 Å². The number of amides is 1. The molecule has 0 unspecified atom stereocenters. The molecular weight excluding hydrogens is 344 g/mol. The summed E-state index contributed by atoms with van der Waals surface area (Å²) in [6, 6.07) is 10.9. The number of likely N-dealkylation sites (tertiary alicyclic amines) is 1. The van der Waals surface area contributed by atoms with Gasteiger partial charge in [0.05, 0.1) is 7.11 Å². The van der Waals surface area contributed by atoms with Gasteiger partial charge in [-0.15, -0.1) is 0 Å². The van der Waals surface area contributed by atoms with Gasteiger partial charge in [0.1, 0.15) is 23.2 Å². The Balaban J connectivity index is 1.58. The highest BCUT2D eigenvalue weighted by Crippen LogP contribution is 2.22. The van der Waals surface area contributed by atoms with E-state index in [4.69, 9.17) is 9.47 Å². The Morgan fingerprint density at radius 1 is 1.07 bits per heavy atom. The predicted molar refractivity (Wildman–Crippen MR) is 104 cm³/mol. The van der Waals surface area contributed by atoms with E-state index >= 15 is 0 Å². The summed E-state index contributed by atoms with van der Waals surface area (Å²) in [5.41, 5.74) is 0.722. The Morgan fingerprint density at radius 3 is 2.26 bits per heavy atom. The number of piperidine rings is 1. The van der Waals surface area contributed by atoms with E-state index in [1.54, 1.807) is 18.1 Å². The van der Waals surface area contributed by atoms with E-state index < -0.39 is 0 Å². The zero-order valence-electron chi connectivity index (χ0n) is 16.0. The third kappa shape index (κ3) is 4.51. The maximum absolute atomic E-state index is 12.7. The third-order valence-corrected chi connectivity index (χ3v) is 4.88. The summed E-state index contributed by atoms with van der Waals surface area (Å²) in [6.07, 6.45) is 1.53. The SMILES string of the molecule is COc1ccc(OC2CCN(C(=O)c3ccc(C(C)C)[nH]c3=O)CC2)cc1. The summed E-state index contributed by atoms with van der Waals surface area (Å²) < 4.78 is 11.1. The average molecular weight is 370 g/mol. The second-order valence-corrected chi connectivity index (χ2v) is 7.10. The molecule has 6 nitrogen and oxygen atoms in total. The van der Waals surface area contributed by atoms with E-state index in [0.29, 0.717) is 13.1 Å². The minimum Gasteiger partial charge on any atom is -0.497 e. The number of ether oxygens (including phenoxy) is 2. The zero-order valence-corrected chi connectivity index (χ0v) is 16.0. The number of rotatable bonds is 5. The summed E-state index contributed by atoms with van der Waals surface area (Å²) >= 11 is 0. The number of aromatic amines is 1. The first-order valence-corrected chi connectivity index (χ1v) is 9.31. The first kappa shape index (κ1) is 19.0. The van der Waals surface area contributed by atoms with Crippen molar-refractivity contribution in [3.63, 3.8) is 0 Å². The molecule has 1 N–H and O–H groups in total. The van der Waals surface area contributed by atoms with Crippen molar-refractivity contribution in [1.29, 1.82) is 0 Å². The van der Waals surface area contributed by atoms with Gasteiger partial charge in [-0.3, -0.25) is 9.59 Å². The maximum Gasteiger partial charge on any atom is 0.261 e. The fourth-order valence-electron chi connectivity index (χ4n) is 3.19. The lowest BCUT2D eigenvalue weighted by atomic mass is 10.1. The summed E-state index contributed by atoms with van der Waals surface area (Å²) in [7, 11) is 1.63. The van der Waals surface area contributed by atoms with Crippen LogP contribution in [0, 0.1) is 0 Å². The molecule has 2 heterocycles. The molecule has 0 bridgehead atoms. The highest BCUT2D eigenvalue weighted by atomic mass is 16.5. The quantitative estimate of drug-likeness (QED) is 0.877. The van der Waals surface area contributed by atoms with E-state index in [-0.39, 0.29) is 29.1 Å². The summed E-state index contributed by atoms with van der Waals surface area (Å²) in [6.45, 7) is 5.15. The smallest absolute Gasteiger partial charge is 0.261 e. The van der Waals surface area contributed by atoms with Gasteiger partial charge >= 0.3 is 0 Å². The van der Waals surface area contributed by atoms with Crippen molar-refractivity contribution in [3.8, 4) is 11.5 Å². The number of pyridine rings is 1. The molecule has 0 saturated carbocycles. The molecule has 0 atom stereocenters. The van der Waals surface area contributed by atoms with Crippen molar-refractivity contribution < 1.29 is 14.3 Å². The molecule has 1 aliphatic rings.